The van der Waals surface area contributed by atoms with Gasteiger partial charge in [0.25, 0.3) is 0 Å². The molecular formula is C3H6Cl2Zr. The molecule has 3 heteroatoms. The Morgan fingerprint density at radius 1 is 1.33 bits per heavy atom. The minimum atomic E-state index is -0.826. The molecule has 0 saturated heterocycles. The topological polar surface area (TPSA) is 0 Å². The maximum absolute atomic E-state index is 4.93. The number of hydrogen-bond donors (Lipinski definition) is 0. The van der Waals surface area contributed by atoms with Crippen LogP contribution in [0.25, 0.3) is 0 Å². The Balaban J connectivity index is 0. The zero-order valence-electron chi connectivity index (χ0n) is 3.38. The van der Waals surface area contributed by atoms with Crippen LogP contribution in [0.4, 0.5) is 0 Å². The van der Waals surface area contributed by atoms with Crippen molar-refractivity contribution >= 4 is 17.0 Å². The van der Waals surface area contributed by atoms with E-state index in [1.165, 1.54) is 0 Å². The predicted octanol–water partition coefficient (Wildman–Crippen LogP) is 2.42. The van der Waals surface area contributed by atoms with Gasteiger partial charge in [0.15, 0.2) is 0 Å². The van der Waals surface area contributed by atoms with Crippen LogP contribution in [0.2, 0.25) is 0 Å². The number of hydrogen-bond acceptors (Lipinski definition) is 0. The summed E-state index contributed by atoms with van der Waals surface area (Å²) >= 11 is -0.826. The molecule has 0 aromatic heterocycles. The van der Waals surface area contributed by atoms with E-state index >= 15 is 0 Å². The van der Waals surface area contributed by atoms with Gasteiger partial charge in [0, 0.05) is 0 Å². The first kappa shape index (κ1) is 10.4. The second-order valence-electron chi connectivity index (χ2n) is 0.425. The van der Waals surface area contributed by atoms with Crippen LogP contribution in [0, 0.1) is 13.8 Å². The van der Waals surface area contributed by atoms with Crippen molar-refractivity contribution in [3.8, 4) is 0 Å². The summed E-state index contributed by atoms with van der Waals surface area (Å²) in [5.74, 6) is 0. The SMILES string of the molecule is [CH2-]C[CH2-].[Cl][Zr+2][Cl]. The van der Waals surface area contributed by atoms with Gasteiger partial charge in [-0.05, 0) is 0 Å². The third-order valence-electron chi connectivity index (χ3n) is 0. The standard InChI is InChI=1S/C3H6.2ClH.Zr/c1-3-2;;;/h1-3H2;2*1H;/q-2;;;+4/p-2. The molecule has 0 unspecified atom stereocenters. The van der Waals surface area contributed by atoms with E-state index in [-0.39, 0.29) is 0 Å². The van der Waals surface area contributed by atoms with Gasteiger partial charge in [-0.25, -0.2) is 0 Å². The second-order valence-corrected chi connectivity index (χ2v) is 4.16. The van der Waals surface area contributed by atoms with Crippen molar-refractivity contribution in [2.75, 3.05) is 0 Å². The molecule has 0 nitrogen and oxygen atoms in total. The summed E-state index contributed by atoms with van der Waals surface area (Å²) < 4.78 is 0. The molecule has 0 aliphatic heterocycles. The predicted molar refractivity (Wildman–Crippen MR) is 27.0 cm³/mol. The van der Waals surface area contributed by atoms with Crippen LogP contribution in [0.3, 0.4) is 0 Å². The summed E-state index contributed by atoms with van der Waals surface area (Å²) in [5, 5.41) is 0. The Kier molecular flexibility index (Phi) is 28.0. The number of halogens is 2. The Morgan fingerprint density at radius 2 is 1.33 bits per heavy atom. The Bertz CT molecular complexity index is 10.8. The van der Waals surface area contributed by atoms with Crippen LogP contribution in [0.15, 0.2) is 0 Å². The van der Waals surface area contributed by atoms with Crippen LogP contribution < -0.4 is 0 Å². The van der Waals surface area contributed by atoms with Crippen molar-refractivity contribution in [3.63, 3.8) is 0 Å². The van der Waals surface area contributed by atoms with Gasteiger partial charge in [0.05, 0.1) is 0 Å². The molecule has 0 aromatic carbocycles. The van der Waals surface area contributed by atoms with E-state index in [1.54, 1.807) is 0 Å². The fraction of sp³-hybridized carbons (Fsp3) is 0.333. The van der Waals surface area contributed by atoms with Crippen LogP contribution >= 0.6 is 17.0 Å². The molecule has 0 amide bonds. The van der Waals surface area contributed by atoms with Gasteiger partial charge >= 0.3 is 37.9 Å². The maximum atomic E-state index is 4.93. The summed E-state index contributed by atoms with van der Waals surface area (Å²) in [6.07, 6.45) is 0.750. The van der Waals surface area contributed by atoms with Crippen LogP contribution in [-0.4, -0.2) is 0 Å². The van der Waals surface area contributed by atoms with Crippen molar-refractivity contribution in [3.05, 3.63) is 13.8 Å². The van der Waals surface area contributed by atoms with E-state index in [0.717, 1.165) is 6.42 Å². The van der Waals surface area contributed by atoms with Crippen molar-refractivity contribution in [2.45, 2.75) is 6.42 Å². The van der Waals surface area contributed by atoms with E-state index in [9.17, 15) is 0 Å². The molecule has 0 fully saturated rings. The average molecular weight is 204 g/mol. The average Bonchev–Trinajstić information content (AvgIpc) is 1.39. The fourth-order valence-corrected chi connectivity index (χ4v) is 0. The molecule has 0 aliphatic carbocycles. The van der Waals surface area contributed by atoms with Gasteiger partial charge in [-0.1, -0.05) is 0 Å². The minimum absolute atomic E-state index is 0.750. The molecule has 0 atom stereocenters. The van der Waals surface area contributed by atoms with Crippen molar-refractivity contribution in [2.24, 2.45) is 0 Å². The molecule has 0 spiro atoms. The van der Waals surface area contributed by atoms with Gasteiger partial charge in [0.1, 0.15) is 0 Å². The second kappa shape index (κ2) is 16.1. The third-order valence-corrected chi connectivity index (χ3v) is 0. The van der Waals surface area contributed by atoms with E-state index in [2.05, 4.69) is 13.8 Å². The molecule has 0 bridgehead atoms. The van der Waals surface area contributed by atoms with Gasteiger partial charge in [-0.15, -0.1) is 0 Å². The molecule has 0 radical (unpaired) electrons. The van der Waals surface area contributed by atoms with E-state index in [4.69, 9.17) is 17.0 Å². The molecule has 36 valence electrons. The molecule has 0 aromatic rings. The zero-order chi connectivity index (χ0) is 5.41. The summed E-state index contributed by atoms with van der Waals surface area (Å²) in [7, 11) is 9.87. The van der Waals surface area contributed by atoms with Crippen molar-refractivity contribution in [1.29, 1.82) is 0 Å². The van der Waals surface area contributed by atoms with Crippen LogP contribution in [-0.2, 0) is 20.8 Å². The van der Waals surface area contributed by atoms with E-state index in [0.29, 0.717) is 0 Å². The molecule has 0 aliphatic rings. The van der Waals surface area contributed by atoms with Crippen molar-refractivity contribution < 1.29 is 20.8 Å². The molecule has 0 N–H and O–H groups in total. The fourth-order valence-electron chi connectivity index (χ4n) is 0. The molecule has 0 rings (SSSR count). The summed E-state index contributed by atoms with van der Waals surface area (Å²) in [6.45, 7) is 6.75. The normalized spacial score (nSPS) is 4.67. The Morgan fingerprint density at radius 3 is 1.33 bits per heavy atom. The first-order chi connectivity index (χ1) is 2.83. The Hall–Kier alpha value is 1.46. The molecule has 0 heterocycles. The summed E-state index contributed by atoms with van der Waals surface area (Å²) in [4.78, 5) is 0. The first-order valence-electron chi connectivity index (χ1n) is 1.38. The monoisotopic (exact) mass is 202 g/mol. The van der Waals surface area contributed by atoms with Gasteiger partial charge in [0.2, 0.25) is 0 Å². The number of rotatable bonds is 0. The van der Waals surface area contributed by atoms with Gasteiger partial charge in [-0.2, -0.15) is 0 Å². The zero-order valence-corrected chi connectivity index (χ0v) is 7.35. The molecule has 0 saturated carbocycles. The summed E-state index contributed by atoms with van der Waals surface area (Å²) in [6, 6.07) is 0. The quantitative estimate of drug-likeness (QED) is 0.531. The van der Waals surface area contributed by atoms with E-state index < -0.39 is 20.8 Å². The third kappa shape index (κ3) is 50.8. The van der Waals surface area contributed by atoms with Crippen LogP contribution in [0.5, 0.6) is 0 Å². The summed E-state index contributed by atoms with van der Waals surface area (Å²) in [5.41, 5.74) is 0. The molecular weight excluding hydrogens is 198 g/mol. The Labute approximate surface area is 57.9 Å². The van der Waals surface area contributed by atoms with Gasteiger partial charge < -0.3 is 20.3 Å². The van der Waals surface area contributed by atoms with E-state index in [1.807, 2.05) is 0 Å². The van der Waals surface area contributed by atoms with Crippen molar-refractivity contribution in [1.82, 2.24) is 0 Å². The van der Waals surface area contributed by atoms with Crippen LogP contribution in [0.1, 0.15) is 6.42 Å². The van der Waals surface area contributed by atoms with Gasteiger partial charge in [-0.3, -0.25) is 0 Å². The molecule has 6 heavy (non-hydrogen) atoms. The first-order valence-corrected chi connectivity index (χ1v) is 7.71.